The van der Waals surface area contributed by atoms with Crippen LogP contribution in [0.2, 0.25) is 0 Å². The second-order valence-electron chi connectivity index (χ2n) is 7.68. The Labute approximate surface area is 155 Å². The molecule has 2 aromatic rings. The number of hydrogen-bond acceptors (Lipinski definition) is 6. The lowest BCUT2D eigenvalue weighted by Gasteiger charge is -2.43. The van der Waals surface area contributed by atoms with E-state index in [-0.39, 0.29) is 5.41 Å². The van der Waals surface area contributed by atoms with Crippen LogP contribution in [0.3, 0.4) is 0 Å². The number of hydrogen-bond donors (Lipinski definition) is 0. The number of likely N-dealkylation sites (tertiary alicyclic amines) is 1. The molecule has 2 aliphatic rings. The average molecular weight is 353 g/mol. The smallest absolute Gasteiger partial charge is 0.151 e. The van der Waals surface area contributed by atoms with Gasteiger partial charge in [-0.05, 0) is 56.1 Å². The fraction of sp³-hybridized carbons (Fsp3) is 0.550. The maximum absolute atomic E-state index is 6.04. The maximum Gasteiger partial charge on any atom is 0.151 e. The number of anilines is 1. The molecule has 6 nitrogen and oxygen atoms in total. The van der Waals surface area contributed by atoms with Crippen LogP contribution in [0, 0.1) is 12.3 Å². The van der Waals surface area contributed by atoms with Gasteiger partial charge in [-0.2, -0.15) is 5.10 Å². The van der Waals surface area contributed by atoms with Crippen molar-refractivity contribution in [1.29, 1.82) is 0 Å². The molecule has 0 radical (unpaired) electrons. The summed E-state index contributed by atoms with van der Waals surface area (Å²) in [6.45, 7) is 8.61. The van der Waals surface area contributed by atoms with Crippen molar-refractivity contribution in [1.82, 2.24) is 20.1 Å². The molecule has 1 spiro atoms. The third-order valence-electron chi connectivity index (χ3n) is 5.44. The van der Waals surface area contributed by atoms with Crippen LogP contribution in [0.5, 0.6) is 0 Å². The summed E-state index contributed by atoms with van der Waals surface area (Å²) in [5.74, 6) is 0.965. The van der Waals surface area contributed by atoms with Gasteiger partial charge in [-0.3, -0.25) is 9.88 Å². The molecule has 0 bridgehead atoms. The molecule has 0 N–H and O–H groups in total. The largest absolute Gasteiger partial charge is 0.379 e. The molecular formula is C20H27N5O. The minimum absolute atomic E-state index is 0.161. The van der Waals surface area contributed by atoms with Crippen LogP contribution in [0.15, 0.2) is 36.7 Å². The first-order chi connectivity index (χ1) is 12.7. The molecule has 0 unspecified atom stereocenters. The minimum Gasteiger partial charge on any atom is -0.379 e. The summed E-state index contributed by atoms with van der Waals surface area (Å²) < 4.78 is 6.04. The van der Waals surface area contributed by atoms with Gasteiger partial charge in [-0.1, -0.05) is 0 Å². The molecule has 4 rings (SSSR count). The van der Waals surface area contributed by atoms with Crippen LogP contribution in [-0.4, -0.2) is 59.5 Å². The fourth-order valence-corrected chi connectivity index (χ4v) is 4.19. The van der Waals surface area contributed by atoms with Crippen LogP contribution in [0.1, 0.15) is 24.1 Å². The molecule has 2 aromatic heterocycles. The van der Waals surface area contributed by atoms with Crippen molar-refractivity contribution in [2.75, 3.05) is 44.3 Å². The number of rotatable bonds is 3. The number of aryl methyl sites for hydroxylation is 1. The molecule has 0 amide bonds. The number of piperidine rings is 1. The Morgan fingerprint density at radius 3 is 2.77 bits per heavy atom. The predicted octanol–water partition coefficient (Wildman–Crippen LogP) is 2.30. The molecule has 2 fully saturated rings. The Morgan fingerprint density at radius 1 is 1.08 bits per heavy atom. The van der Waals surface area contributed by atoms with Crippen molar-refractivity contribution in [3.8, 4) is 0 Å². The van der Waals surface area contributed by atoms with Crippen molar-refractivity contribution >= 4 is 5.82 Å². The molecule has 138 valence electrons. The molecule has 0 saturated carbocycles. The van der Waals surface area contributed by atoms with E-state index in [1.807, 2.05) is 25.4 Å². The second kappa shape index (κ2) is 7.68. The molecule has 0 aromatic carbocycles. The standard InChI is InChI=1S/C20H27N5O/c1-17-3-4-19(23-22-17)25-11-12-26-16-20(15-25)7-2-10-24(14-20)13-18-5-8-21-9-6-18/h3-6,8-9H,2,7,10-16H2,1H3/t20-/m1/s1. The Kier molecular flexibility index (Phi) is 5.13. The van der Waals surface area contributed by atoms with Crippen LogP contribution < -0.4 is 4.90 Å². The highest BCUT2D eigenvalue weighted by atomic mass is 16.5. The summed E-state index contributed by atoms with van der Waals surface area (Å²) in [6, 6.07) is 8.34. The number of pyridine rings is 1. The lowest BCUT2D eigenvalue weighted by molar-refractivity contribution is 0.0106. The van der Waals surface area contributed by atoms with Gasteiger partial charge in [-0.25, -0.2) is 0 Å². The monoisotopic (exact) mass is 353 g/mol. The lowest BCUT2D eigenvalue weighted by Crippen LogP contribution is -2.50. The molecule has 6 heteroatoms. The van der Waals surface area contributed by atoms with E-state index in [1.165, 1.54) is 18.4 Å². The number of ether oxygens (including phenoxy) is 1. The van der Waals surface area contributed by atoms with Gasteiger partial charge >= 0.3 is 0 Å². The zero-order valence-electron chi connectivity index (χ0n) is 15.5. The van der Waals surface area contributed by atoms with Crippen LogP contribution in [0.25, 0.3) is 0 Å². The molecular weight excluding hydrogens is 326 g/mol. The van der Waals surface area contributed by atoms with Crippen LogP contribution in [0.4, 0.5) is 5.82 Å². The van der Waals surface area contributed by atoms with Gasteiger partial charge < -0.3 is 9.64 Å². The first kappa shape index (κ1) is 17.4. The van der Waals surface area contributed by atoms with Gasteiger partial charge in [0.15, 0.2) is 5.82 Å². The maximum atomic E-state index is 6.04. The summed E-state index contributed by atoms with van der Waals surface area (Å²) in [6.07, 6.45) is 6.17. The van der Waals surface area contributed by atoms with E-state index in [9.17, 15) is 0 Å². The molecule has 2 saturated heterocycles. The quantitative estimate of drug-likeness (QED) is 0.844. The summed E-state index contributed by atoms with van der Waals surface area (Å²) in [5, 5.41) is 8.65. The van der Waals surface area contributed by atoms with Gasteiger partial charge in [0, 0.05) is 44.0 Å². The van der Waals surface area contributed by atoms with E-state index in [4.69, 9.17) is 4.74 Å². The van der Waals surface area contributed by atoms with Gasteiger partial charge in [0.2, 0.25) is 0 Å². The predicted molar refractivity (Wildman–Crippen MR) is 101 cm³/mol. The van der Waals surface area contributed by atoms with Crippen LogP contribution in [-0.2, 0) is 11.3 Å². The zero-order valence-corrected chi connectivity index (χ0v) is 15.5. The Balaban J connectivity index is 1.49. The summed E-state index contributed by atoms with van der Waals surface area (Å²) in [4.78, 5) is 9.04. The van der Waals surface area contributed by atoms with E-state index in [2.05, 4.69) is 43.2 Å². The Bertz CT molecular complexity index is 708. The normalized spacial score (nSPS) is 24.6. The SMILES string of the molecule is Cc1ccc(N2CCOC[C@@]3(CCCN(Cc4ccncc4)C3)C2)nn1. The third kappa shape index (κ3) is 4.02. The minimum atomic E-state index is 0.161. The zero-order chi connectivity index (χ0) is 17.8. The highest BCUT2D eigenvalue weighted by Crippen LogP contribution is 2.34. The van der Waals surface area contributed by atoms with E-state index < -0.39 is 0 Å². The number of aromatic nitrogens is 3. The highest BCUT2D eigenvalue weighted by molar-refractivity contribution is 5.38. The summed E-state index contributed by atoms with van der Waals surface area (Å²) in [5.41, 5.74) is 2.44. The first-order valence-corrected chi connectivity index (χ1v) is 9.47. The molecule has 0 aliphatic carbocycles. The van der Waals surface area contributed by atoms with Crippen LogP contribution >= 0.6 is 0 Å². The van der Waals surface area contributed by atoms with Gasteiger partial charge in [0.25, 0.3) is 0 Å². The van der Waals surface area contributed by atoms with Gasteiger partial charge in [-0.15, -0.1) is 5.10 Å². The third-order valence-corrected chi connectivity index (χ3v) is 5.44. The second-order valence-corrected chi connectivity index (χ2v) is 7.68. The van der Waals surface area contributed by atoms with E-state index in [0.29, 0.717) is 0 Å². The Morgan fingerprint density at radius 2 is 1.96 bits per heavy atom. The topological polar surface area (TPSA) is 54.4 Å². The van der Waals surface area contributed by atoms with Crippen molar-refractivity contribution < 1.29 is 4.74 Å². The van der Waals surface area contributed by atoms with Crippen molar-refractivity contribution in [3.63, 3.8) is 0 Å². The summed E-state index contributed by atoms with van der Waals surface area (Å²) in [7, 11) is 0. The highest BCUT2D eigenvalue weighted by Gasteiger charge is 2.39. The number of nitrogens with zero attached hydrogens (tertiary/aromatic N) is 5. The molecule has 4 heterocycles. The summed E-state index contributed by atoms with van der Waals surface area (Å²) >= 11 is 0. The molecule has 26 heavy (non-hydrogen) atoms. The first-order valence-electron chi connectivity index (χ1n) is 9.47. The fourth-order valence-electron chi connectivity index (χ4n) is 4.19. The lowest BCUT2D eigenvalue weighted by atomic mass is 9.80. The Hall–Kier alpha value is -2.05. The van der Waals surface area contributed by atoms with Crippen molar-refractivity contribution in [2.24, 2.45) is 5.41 Å². The van der Waals surface area contributed by atoms with Gasteiger partial charge in [0.1, 0.15) is 0 Å². The molecule has 1 atom stereocenters. The van der Waals surface area contributed by atoms with E-state index in [1.54, 1.807) is 0 Å². The van der Waals surface area contributed by atoms with E-state index >= 15 is 0 Å². The van der Waals surface area contributed by atoms with E-state index in [0.717, 1.165) is 57.4 Å². The molecule has 2 aliphatic heterocycles. The van der Waals surface area contributed by atoms with Gasteiger partial charge in [0.05, 0.1) is 18.9 Å². The van der Waals surface area contributed by atoms with Crippen molar-refractivity contribution in [2.45, 2.75) is 26.3 Å². The van der Waals surface area contributed by atoms with Crippen molar-refractivity contribution in [3.05, 3.63) is 47.9 Å². The average Bonchev–Trinajstić information content (AvgIpc) is 2.86.